The second-order valence-corrected chi connectivity index (χ2v) is 10.3. The van der Waals surface area contributed by atoms with Crippen molar-refractivity contribution in [1.82, 2.24) is 0 Å². The maximum atomic E-state index is 5.69. The molecule has 0 amide bonds. The van der Waals surface area contributed by atoms with Crippen molar-refractivity contribution in [2.45, 2.75) is 88.1 Å². The van der Waals surface area contributed by atoms with Crippen LogP contribution in [0.4, 0.5) is 0 Å². The summed E-state index contributed by atoms with van der Waals surface area (Å²) in [4.78, 5) is 0. The average Bonchev–Trinajstić information content (AvgIpc) is 2.55. The molecule has 0 saturated carbocycles. The first-order valence-electron chi connectivity index (χ1n) is 8.41. The summed E-state index contributed by atoms with van der Waals surface area (Å²) in [6.07, 6.45) is 0.234. The summed E-state index contributed by atoms with van der Waals surface area (Å²) in [7, 11) is 0. The molecule has 3 heteroatoms. The minimum absolute atomic E-state index is 0.188. The molecular weight excluding hydrogens is 276 g/mol. The van der Waals surface area contributed by atoms with Gasteiger partial charge in [0.15, 0.2) is 5.79 Å². The van der Waals surface area contributed by atoms with Crippen LogP contribution < -0.4 is 0 Å². The highest BCUT2D eigenvalue weighted by atomic mass is 16.7. The van der Waals surface area contributed by atoms with E-state index in [4.69, 9.17) is 14.2 Å². The third-order valence-electron chi connectivity index (χ3n) is 3.04. The normalized spacial score (nSPS) is 22.2. The van der Waals surface area contributed by atoms with Crippen LogP contribution in [0.1, 0.15) is 76.2 Å². The molecule has 1 saturated heterocycles. The van der Waals surface area contributed by atoms with Gasteiger partial charge in [-0.15, -0.1) is 0 Å². The van der Waals surface area contributed by atoms with Gasteiger partial charge in [0.25, 0.3) is 0 Å². The van der Waals surface area contributed by atoms with Gasteiger partial charge in [0.1, 0.15) is 0 Å². The highest BCUT2D eigenvalue weighted by Gasteiger charge is 2.38. The lowest BCUT2D eigenvalue weighted by molar-refractivity contribution is -0.150. The molecule has 0 N–H and O–H groups in total. The highest BCUT2D eigenvalue weighted by molar-refractivity contribution is 4.80. The lowest BCUT2D eigenvalue weighted by Gasteiger charge is -2.26. The first kappa shape index (κ1) is 21.9. The van der Waals surface area contributed by atoms with Crippen LogP contribution in [0.5, 0.6) is 0 Å². The van der Waals surface area contributed by atoms with Gasteiger partial charge in [0.2, 0.25) is 0 Å². The maximum absolute atomic E-state index is 5.69. The molecule has 1 aliphatic heterocycles. The molecule has 0 spiro atoms. The maximum Gasteiger partial charge on any atom is 0.163 e. The molecule has 1 unspecified atom stereocenters. The van der Waals surface area contributed by atoms with E-state index in [1.165, 1.54) is 0 Å². The van der Waals surface area contributed by atoms with Crippen molar-refractivity contribution in [2.75, 3.05) is 19.8 Å². The van der Waals surface area contributed by atoms with Crippen LogP contribution in [0.25, 0.3) is 0 Å². The second kappa shape index (κ2) is 7.63. The van der Waals surface area contributed by atoms with Crippen LogP contribution in [-0.2, 0) is 14.2 Å². The summed E-state index contributed by atoms with van der Waals surface area (Å²) in [6.45, 7) is 26.0. The van der Waals surface area contributed by atoms with E-state index in [2.05, 4.69) is 62.3 Å². The predicted molar refractivity (Wildman–Crippen MR) is 94.1 cm³/mol. The molecule has 134 valence electrons. The van der Waals surface area contributed by atoms with Crippen LogP contribution in [0.3, 0.4) is 0 Å². The largest absolute Gasteiger partial charge is 0.380 e. The first-order valence-corrected chi connectivity index (χ1v) is 8.41. The van der Waals surface area contributed by atoms with Crippen LogP contribution in [-0.4, -0.2) is 31.7 Å². The lowest BCUT2D eigenvalue weighted by atomic mass is 9.90. The van der Waals surface area contributed by atoms with Crippen molar-refractivity contribution < 1.29 is 14.2 Å². The molecule has 22 heavy (non-hydrogen) atoms. The molecule has 1 rings (SSSR count). The van der Waals surface area contributed by atoms with E-state index >= 15 is 0 Å². The van der Waals surface area contributed by atoms with Gasteiger partial charge in [-0.05, 0) is 30.1 Å². The molecule has 0 aliphatic carbocycles. The van der Waals surface area contributed by atoms with E-state index < -0.39 is 0 Å². The second-order valence-electron chi connectivity index (χ2n) is 10.3. The summed E-state index contributed by atoms with van der Waals surface area (Å²) >= 11 is 0. The van der Waals surface area contributed by atoms with Gasteiger partial charge in [0, 0.05) is 0 Å². The fourth-order valence-corrected chi connectivity index (χ4v) is 1.78. The minimum Gasteiger partial charge on any atom is -0.380 e. The Morgan fingerprint density at radius 1 is 0.864 bits per heavy atom. The van der Waals surface area contributed by atoms with Crippen molar-refractivity contribution in [3.8, 4) is 0 Å². The number of hydrogen-bond donors (Lipinski definition) is 0. The van der Waals surface area contributed by atoms with Gasteiger partial charge >= 0.3 is 0 Å². The Hall–Kier alpha value is -0.120. The van der Waals surface area contributed by atoms with Crippen molar-refractivity contribution in [2.24, 2.45) is 16.2 Å². The molecule has 0 aromatic carbocycles. The molecular formula is C19H40O3. The standard InChI is InChI=1S/C10H22O.C9H18O2/c1-9(2,3)7-11-8-10(4,5)6;1-8(2,3)7-6-10-9(4,5)11-7/h7-8H2,1-6H3;7H,6H2,1-5H3. The quantitative estimate of drug-likeness (QED) is 0.693. The molecule has 1 fully saturated rings. The lowest BCUT2D eigenvalue weighted by Crippen LogP contribution is -2.30. The zero-order valence-corrected chi connectivity index (χ0v) is 16.9. The van der Waals surface area contributed by atoms with Crippen LogP contribution in [0, 0.1) is 16.2 Å². The molecule has 1 aliphatic rings. The smallest absolute Gasteiger partial charge is 0.163 e. The molecule has 3 nitrogen and oxygen atoms in total. The summed E-state index contributed by atoms with van der Waals surface area (Å²) in [6, 6.07) is 0. The van der Waals surface area contributed by atoms with Crippen molar-refractivity contribution in [3.05, 3.63) is 0 Å². The zero-order valence-electron chi connectivity index (χ0n) is 16.9. The average molecular weight is 317 g/mol. The van der Waals surface area contributed by atoms with Crippen LogP contribution in [0.2, 0.25) is 0 Å². The van der Waals surface area contributed by atoms with Crippen molar-refractivity contribution in [1.29, 1.82) is 0 Å². The van der Waals surface area contributed by atoms with Gasteiger partial charge in [-0.25, -0.2) is 0 Å². The third-order valence-corrected chi connectivity index (χ3v) is 3.04. The monoisotopic (exact) mass is 316 g/mol. The molecule has 1 heterocycles. The minimum atomic E-state index is -0.377. The topological polar surface area (TPSA) is 27.7 Å². The fourth-order valence-electron chi connectivity index (χ4n) is 1.78. The van der Waals surface area contributed by atoms with Gasteiger partial charge in [-0.2, -0.15) is 0 Å². The predicted octanol–water partition coefficient (Wildman–Crippen LogP) is 5.28. The Morgan fingerprint density at radius 2 is 1.27 bits per heavy atom. The highest BCUT2D eigenvalue weighted by Crippen LogP contribution is 2.32. The molecule has 0 radical (unpaired) electrons. The SMILES string of the molecule is CC(C)(C)COCC(C)(C)C.CC1(C)OCC(C(C)(C)C)O1. The Kier molecular flexibility index (Phi) is 7.59. The summed E-state index contributed by atoms with van der Waals surface area (Å²) in [5.41, 5.74) is 0.782. The molecule has 1 atom stereocenters. The third kappa shape index (κ3) is 11.4. The van der Waals surface area contributed by atoms with E-state index in [1.54, 1.807) is 0 Å². The van der Waals surface area contributed by atoms with E-state index in [0.717, 1.165) is 19.8 Å². The Morgan fingerprint density at radius 3 is 1.45 bits per heavy atom. The van der Waals surface area contributed by atoms with Gasteiger partial charge < -0.3 is 14.2 Å². The van der Waals surface area contributed by atoms with Crippen LogP contribution >= 0.6 is 0 Å². The zero-order chi connectivity index (χ0) is 17.8. The summed E-state index contributed by atoms with van der Waals surface area (Å²) < 4.78 is 16.7. The van der Waals surface area contributed by atoms with Crippen LogP contribution in [0.15, 0.2) is 0 Å². The first-order chi connectivity index (χ1) is 9.52. The number of hydrogen-bond acceptors (Lipinski definition) is 3. The van der Waals surface area contributed by atoms with E-state index in [-0.39, 0.29) is 17.3 Å². The van der Waals surface area contributed by atoms with Crippen molar-refractivity contribution in [3.63, 3.8) is 0 Å². The Labute approximate surface area is 139 Å². The van der Waals surface area contributed by atoms with E-state index in [1.807, 2.05) is 13.8 Å². The number of rotatable bonds is 2. The molecule has 0 aromatic rings. The van der Waals surface area contributed by atoms with Gasteiger partial charge in [-0.1, -0.05) is 62.3 Å². The van der Waals surface area contributed by atoms with E-state index in [9.17, 15) is 0 Å². The van der Waals surface area contributed by atoms with Gasteiger partial charge in [0.05, 0.1) is 25.9 Å². The summed E-state index contributed by atoms with van der Waals surface area (Å²) in [5, 5.41) is 0. The Balaban J connectivity index is 0.000000401. The molecule has 0 aromatic heterocycles. The summed E-state index contributed by atoms with van der Waals surface area (Å²) in [5.74, 6) is -0.377. The molecule has 0 bridgehead atoms. The van der Waals surface area contributed by atoms with Gasteiger partial charge in [-0.3, -0.25) is 0 Å². The van der Waals surface area contributed by atoms with E-state index in [0.29, 0.717) is 10.8 Å². The van der Waals surface area contributed by atoms with Crippen molar-refractivity contribution >= 4 is 0 Å². The number of ether oxygens (including phenoxy) is 3. The Bertz CT molecular complexity index is 299. The fraction of sp³-hybridized carbons (Fsp3) is 1.00.